The number of nitrogens with one attached hydrogen (secondary N) is 1. The van der Waals surface area contributed by atoms with Crippen LogP contribution in [-0.4, -0.2) is 43.3 Å². The van der Waals surface area contributed by atoms with Crippen molar-refractivity contribution >= 4 is 23.0 Å². The van der Waals surface area contributed by atoms with Gasteiger partial charge >= 0.3 is 0 Å². The number of nitrogens with zero attached hydrogens (tertiary/aromatic N) is 1. The molecule has 5 nitrogen and oxygen atoms in total. The number of para-hydroxylation sites is 1. The van der Waals surface area contributed by atoms with Crippen LogP contribution < -0.4 is 10.1 Å². The summed E-state index contributed by atoms with van der Waals surface area (Å²) >= 11 is 1.32. The topological polar surface area (TPSA) is 58.6 Å². The van der Waals surface area contributed by atoms with E-state index in [1.807, 2.05) is 29.2 Å². The maximum Gasteiger partial charge on any atom is 0.264 e. The average Bonchev–Trinajstić information content (AvgIpc) is 3.11. The van der Waals surface area contributed by atoms with E-state index in [0.717, 1.165) is 17.9 Å². The fourth-order valence-corrected chi connectivity index (χ4v) is 3.84. The number of benzene rings is 1. The Kier molecular flexibility index (Phi) is 4.97. The van der Waals surface area contributed by atoms with Gasteiger partial charge in [-0.3, -0.25) is 9.59 Å². The highest BCUT2D eigenvalue weighted by molar-refractivity contribution is 7.12. The average molecular weight is 344 g/mol. The largest absolute Gasteiger partial charge is 0.496 e. The molecule has 0 aliphatic carbocycles. The van der Waals surface area contributed by atoms with Crippen molar-refractivity contribution in [3.8, 4) is 5.75 Å². The smallest absolute Gasteiger partial charge is 0.264 e. The molecule has 1 aromatic heterocycles. The third-order valence-electron chi connectivity index (χ3n) is 4.22. The SMILES string of the molecule is COc1ccccc1C1CNCCN1C(=O)c1cc(C(C)=O)cs1. The van der Waals surface area contributed by atoms with Gasteiger partial charge in [-0.1, -0.05) is 18.2 Å². The van der Waals surface area contributed by atoms with Crippen LogP contribution in [0.15, 0.2) is 35.7 Å². The molecule has 0 bridgehead atoms. The zero-order chi connectivity index (χ0) is 17.1. The number of ether oxygens (including phenoxy) is 1. The molecule has 0 spiro atoms. The van der Waals surface area contributed by atoms with Gasteiger partial charge in [0.05, 0.1) is 18.0 Å². The second-order valence-electron chi connectivity index (χ2n) is 5.72. The van der Waals surface area contributed by atoms with Gasteiger partial charge in [0.15, 0.2) is 5.78 Å². The van der Waals surface area contributed by atoms with E-state index in [1.54, 1.807) is 18.6 Å². The van der Waals surface area contributed by atoms with Crippen LogP contribution in [0, 0.1) is 0 Å². The van der Waals surface area contributed by atoms with Gasteiger partial charge < -0.3 is 15.0 Å². The standard InChI is InChI=1S/C18H20N2O3S/c1-12(21)13-9-17(24-11-13)18(22)20-8-7-19-10-15(20)14-5-3-4-6-16(14)23-2/h3-6,9,11,15,19H,7-8,10H2,1-2H3. The first-order valence-corrected chi connectivity index (χ1v) is 8.74. The van der Waals surface area contributed by atoms with Crippen molar-refractivity contribution in [1.82, 2.24) is 10.2 Å². The molecule has 1 atom stereocenters. The number of ketones is 1. The minimum Gasteiger partial charge on any atom is -0.496 e. The third kappa shape index (κ3) is 3.20. The highest BCUT2D eigenvalue weighted by atomic mass is 32.1. The van der Waals surface area contributed by atoms with Crippen molar-refractivity contribution in [2.45, 2.75) is 13.0 Å². The first-order chi connectivity index (χ1) is 11.6. The van der Waals surface area contributed by atoms with Gasteiger partial charge in [-0.2, -0.15) is 0 Å². The first kappa shape index (κ1) is 16.7. The van der Waals surface area contributed by atoms with E-state index in [4.69, 9.17) is 4.74 Å². The maximum absolute atomic E-state index is 13.0. The summed E-state index contributed by atoms with van der Waals surface area (Å²) in [6, 6.07) is 9.37. The molecule has 1 aliphatic rings. The van der Waals surface area contributed by atoms with Crippen LogP contribution in [0.3, 0.4) is 0 Å². The maximum atomic E-state index is 13.0. The minimum absolute atomic E-state index is 0.0214. The van der Waals surface area contributed by atoms with Gasteiger partial charge in [-0.25, -0.2) is 0 Å². The zero-order valence-corrected chi connectivity index (χ0v) is 14.6. The molecular weight excluding hydrogens is 324 g/mol. The lowest BCUT2D eigenvalue weighted by Gasteiger charge is -2.36. The van der Waals surface area contributed by atoms with Gasteiger partial charge in [0.1, 0.15) is 5.75 Å². The fraction of sp³-hybridized carbons (Fsp3) is 0.333. The number of hydrogen-bond donors (Lipinski definition) is 1. The summed E-state index contributed by atoms with van der Waals surface area (Å²) in [6.45, 7) is 3.56. The normalized spacial score (nSPS) is 17.6. The van der Waals surface area contributed by atoms with Crippen molar-refractivity contribution in [2.75, 3.05) is 26.7 Å². The number of piperazine rings is 1. The number of thiophene rings is 1. The zero-order valence-electron chi connectivity index (χ0n) is 13.7. The van der Waals surface area contributed by atoms with Gasteiger partial charge in [0.25, 0.3) is 5.91 Å². The summed E-state index contributed by atoms with van der Waals surface area (Å²) < 4.78 is 5.46. The molecule has 0 radical (unpaired) electrons. The number of carbonyl (C=O) groups excluding carboxylic acids is 2. The molecule has 1 N–H and O–H groups in total. The van der Waals surface area contributed by atoms with Crippen LogP contribution in [0.4, 0.5) is 0 Å². The summed E-state index contributed by atoms with van der Waals surface area (Å²) in [5, 5.41) is 5.09. The number of hydrogen-bond acceptors (Lipinski definition) is 5. The second kappa shape index (κ2) is 7.15. The van der Waals surface area contributed by atoms with Crippen LogP contribution in [0.25, 0.3) is 0 Å². The molecule has 1 amide bonds. The molecule has 3 rings (SSSR count). The lowest BCUT2D eigenvalue weighted by molar-refractivity contribution is 0.0636. The van der Waals surface area contributed by atoms with Crippen molar-refractivity contribution in [3.63, 3.8) is 0 Å². The lowest BCUT2D eigenvalue weighted by Crippen LogP contribution is -2.48. The number of Topliss-reactive ketones (excluding diaryl/α,β-unsaturated/α-hetero) is 1. The Labute approximate surface area is 145 Å². The predicted octanol–water partition coefficient (Wildman–Crippen LogP) is 2.75. The highest BCUT2D eigenvalue weighted by Gasteiger charge is 2.31. The summed E-state index contributed by atoms with van der Waals surface area (Å²) in [4.78, 5) is 26.9. The van der Waals surface area contributed by atoms with Crippen LogP contribution in [0.5, 0.6) is 5.75 Å². The summed E-state index contributed by atoms with van der Waals surface area (Å²) in [5.74, 6) is 0.719. The molecule has 2 aromatic rings. The van der Waals surface area contributed by atoms with Crippen molar-refractivity contribution in [3.05, 3.63) is 51.7 Å². The van der Waals surface area contributed by atoms with E-state index in [-0.39, 0.29) is 17.7 Å². The molecule has 24 heavy (non-hydrogen) atoms. The number of amides is 1. The molecule has 6 heteroatoms. The molecule has 0 saturated carbocycles. The molecule has 1 unspecified atom stereocenters. The Bertz CT molecular complexity index is 756. The molecule has 1 fully saturated rings. The molecule has 1 aliphatic heterocycles. The first-order valence-electron chi connectivity index (χ1n) is 7.86. The quantitative estimate of drug-likeness (QED) is 0.867. The minimum atomic E-state index is -0.0923. The Morgan fingerprint density at radius 3 is 2.83 bits per heavy atom. The van der Waals surface area contributed by atoms with Crippen LogP contribution in [0.1, 0.15) is 38.6 Å². The Balaban J connectivity index is 1.91. The van der Waals surface area contributed by atoms with E-state index in [9.17, 15) is 9.59 Å². The lowest BCUT2D eigenvalue weighted by atomic mass is 10.0. The number of rotatable bonds is 4. The van der Waals surface area contributed by atoms with Crippen molar-refractivity contribution in [1.29, 1.82) is 0 Å². The molecule has 2 heterocycles. The number of methoxy groups -OCH3 is 1. The van der Waals surface area contributed by atoms with Crippen LogP contribution >= 0.6 is 11.3 Å². The fourth-order valence-electron chi connectivity index (χ4n) is 2.94. The Hall–Kier alpha value is -2.18. The van der Waals surface area contributed by atoms with E-state index in [1.165, 1.54) is 18.3 Å². The van der Waals surface area contributed by atoms with E-state index < -0.39 is 0 Å². The van der Waals surface area contributed by atoms with Gasteiger partial charge in [-0.05, 0) is 19.1 Å². The number of carbonyl (C=O) groups is 2. The highest BCUT2D eigenvalue weighted by Crippen LogP contribution is 2.32. The monoisotopic (exact) mass is 344 g/mol. The van der Waals surface area contributed by atoms with Crippen molar-refractivity contribution in [2.24, 2.45) is 0 Å². The van der Waals surface area contributed by atoms with E-state index >= 15 is 0 Å². The Morgan fingerprint density at radius 1 is 1.33 bits per heavy atom. The predicted molar refractivity (Wildman–Crippen MR) is 94.0 cm³/mol. The third-order valence-corrected chi connectivity index (χ3v) is 5.14. The second-order valence-corrected chi connectivity index (χ2v) is 6.63. The Morgan fingerprint density at radius 2 is 2.12 bits per heavy atom. The van der Waals surface area contributed by atoms with Gasteiger partial charge in [-0.15, -0.1) is 11.3 Å². The molecule has 126 valence electrons. The molecule has 1 aromatic carbocycles. The molecule has 1 saturated heterocycles. The van der Waals surface area contributed by atoms with Crippen LogP contribution in [0.2, 0.25) is 0 Å². The van der Waals surface area contributed by atoms with Gasteiger partial charge in [0.2, 0.25) is 0 Å². The van der Waals surface area contributed by atoms with Crippen LogP contribution in [-0.2, 0) is 0 Å². The summed E-state index contributed by atoms with van der Waals surface area (Å²) in [6.07, 6.45) is 0. The summed E-state index contributed by atoms with van der Waals surface area (Å²) in [5.41, 5.74) is 1.58. The van der Waals surface area contributed by atoms with Crippen molar-refractivity contribution < 1.29 is 14.3 Å². The van der Waals surface area contributed by atoms with Gasteiger partial charge in [0, 0.05) is 36.1 Å². The molecular formula is C18H20N2O3S. The van der Waals surface area contributed by atoms with E-state index in [0.29, 0.717) is 23.5 Å². The summed E-state index contributed by atoms with van der Waals surface area (Å²) in [7, 11) is 1.64. The van der Waals surface area contributed by atoms with E-state index in [2.05, 4.69) is 5.32 Å².